The van der Waals surface area contributed by atoms with Crippen molar-refractivity contribution in [3.63, 3.8) is 0 Å². The molecule has 0 radical (unpaired) electrons. The Morgan fingerprint density at radius 3 is 2.47 bits per heavy atom. The van der Waals surface area contributed by atoms with E-state index in [9.17, 15) is 5.11 Å². The van der Waals surface area contributed by atoms with Crippen LogP contribution in [-0.4, -0.2) is 5.11 Å². The summed E-state index contributed by atoms with van der Waals surface area (Å²) >= 11 is 5.96. The predicted octanol–water partition coefficient (Wildman–Crippen LogP) is 4.49. The highest BCUT2D eigenvalue weighted by Crippen LogP contribution is 2.40. The minimum absolute atomic E-state index is 0.466. The number of halogens is 1. The molecule has 3 rings (SSSR count). The van der Waals surface area contributed by atoms with Gasteiger partial charge in [-0.25, -0.2) is 0 Å². The van der Waals surface area contributed by atoms with E-state index in [1.54, 1.807) is 0 Å². The minimum atomic E-state index is -0.466. The summed E-state index contributed by atoms with van der Waals surface area (Å²) in [7, 11) is 0. The monoisotopic (exact) mass is 272 g/mol. The first-order valence-electron chi connectivity index (χ1n) is 6.75. The molecule has 1 atom stereocenters. The van der Waals surface area contributed by atoms with Crippen LogP contribution in [0.5, 0.6) is 0 Å². The van der Waals surface area contributed by atoms with Crippen molar-refractivity contribution in [3.8, 4) is 0 Å². The highest BCUT2D eigenvalue weighted by molar-refractivity contribution is 6.30. The molecule has 0 heterocycles. The van der Waals surface area contributed by atoms with Crippen LogP contribution in [0.1, 0.15) is 41.6 Å². The molecule has 0 bridgehead atoms. The Kier molecular flexibility index (Phi) is 3.58. The molecule has 0 saturated heterocycles. The quantitative estimate of drug-likeness (QED) is 0.869. The van der Waals surface area contributed by atoms with E-state index in [2.05, 4.69) is 12.1 Å². The third-order valence-corrected chi connectivity index (χ3v) is 3.92. The summed E-state index contributed by atoms with van der Waals surface area (Å²) in [4.78, 5) is 0. The van der Waals surface area contributed by atoms with Crippen molar-refractivity contribution in [1.82, 2.24) is 0 Å². The zero-order valence-corrected chi connectivity index (χ0v) is 11.5. The Morgan fingerprint density at radius 1 is 1.11 bits per heavy atom. The topological polar surface area (TPSA) is 20.2 Å². The second-order valence-electron chi connectivity index (χ2n) is 5.29. The van der Waals surface area contributed by atoms with Gasteiger partial charge < -0.3 is 5.11 Å². The molecule has 1 aliphatic carbocycles. The fraction of sp³-hybridized carbons (Fsp3) is 0.294. The second-order valence-corrected chi connectivity index (χ2v) is 5.73. The van der Waals surface area contributed by atoms with E-state index in [-0.39, 0.29) is 0 Å². The van der Waals surface area contributed by atoms with Gasteiger partial charge in [0.25, 0.3) is 0 Å². The van der Waals surface area contributed by atoms with Crippen LogP contribution in [0.25, 0.3) is 0 Å². The molecule has 1 aliphatic rings. The summed E-state index contributed by atoms with van der Waals surface area (Å²) in [6.45, 7) is 0. The van der Waals surface area contributed by atoms with Gasteiger partial charge >= 0.3 is 0 Å². The van der Waals surface area contributed by atoms with Crippen LogP contribution in [0, 0.1) is 0 Å². The molecule has 0 aliphatic heterocycles. The zero-order chi connectivity index (χ0) is 13.2. The van der Waals surface area contributed by atoms with Gasteiger partial charge in [-0.15, -0.1) is 0 Å². The first-order chi connectivity index (χ1) is 9.22. The Hall–Kier alpha value is -1.31. The Balaban J connectivity index is 1.70. The predicted molar refractivity (Wildman–Crippen MR) is 78.5 cm³/mol. The van der Waals surface area contributed by atoms with E-state index in [4.69, 9.17) is 11.6 Å². The lowest BCUT2D eigenvalue weighted by Gasteiger charge is -2.12. The van der Waals surface area contributed by atoms with E-state index in [1.165, 1.54) is 18.4 Å². The maximum Gasteiger partial charge on any atom is 0.0830 e. The van der Waals surface area contributed by atoms with Crippen molar-refractivity contribution >= 4 is 11.6 Å². The summed E-state index contributed by atoms with van der Waals surface area (Å²) in [5, 5.41) is 11.0. The van der Waals surface area contributed by atoms with Crippen LogP contribution in [0.15, 0.2) is 48.5 Å². The normalized spacial score (nSPS) is 16.3. The summed E-state index contributed by atoms with van der Waals surface area (Å²) < 4.78 is 0. The maximum atomic E-state index is 10.3. The first-order valence-corrected chi connectivity index (χ1v) is 7.12. The first kappa shape index (κ1) is 12.7. The fourth-order valence-electron chi connectivity index (χ4n) is 2.41. The van der Waals surface area contributed by atoms with Crippen molar-refractivity contribution in [2.24, 2.45) is 0 Å². The number of benzene rings is 2. The number of hydrogen-bond acceptors (Lipinski definition) is 1. The van der Waals surface area contributed by atoms with Crippen molar-refractivity contribution in [1.29, 1.82) is 0 Å². The molecule has 0 aromatic heterocycles. The van der Waals surface area contributed by atoms with Crippen LogP contribution in [-0.2, 0) is 6.42 Å². The van der Waals surface area contributed by atoms with Crippen molar-refractivity contribution in [2.75, 3.05) is 0 Å². The van der Waals surface area contributed by atoms with Gasteiger partial charge in [-0.05, 0) is 47.6 Å². The van der Waals surface area contributed by atoms with Gasteiger partial charge in [0.05, 0.1) is 6.10 Å². The molecule has 0 spiro atoms. The van der Waals surface area contributed by atoms with E-state index in [0.717, 1.165) is 17.0 Å². The van der Waals surface area contributed by atoms with E-state index in [0.29, 0.717) is 11.4 Å². The van der Waals surface area contributed by atoms with E-state index >= 15 is 0 Å². The average molecular weight is 273 g/mol. The molecule has 1 nitrogen and oxygen atoms in total. The fourth-order valence-corrected chi connectivity index (χ4v) is 2.62. The number of rotatable bonds is 4. The molecule has 1 unspecified atom stereocenters. The van der Waals surface area contributed by atoms with Crippen molar-refractivity contribution in [3.05, 3.63) is 70.2 Å². The molecule has 1 saturated carbocycles. The third kappa shape index (κ3) is 3.17. The number of aliphatic hydroxyl groups excluding tert-OH is 1. The van der Waals surface area contributed by atoms with Crippen LogP contribution < -0.4 is 0 Å². The molecule has 19 heavy (non-hydrogen) atoms. The highest BCUT2D eigenvalue weighted by Gasteiger charge is 2.23. The molecule has 2 aromatic carbocycles. The molecule has 1 N–H and O–H groups in total. The van der Waals surface area contributed by atoms with Gasteiger partial charge in [0.15, 0.2) is 0 Å². The standard InChI is InChI=1S/C17H17ClO/c18-16-3-1-2-12(10-16)11-17(19)15-8-6-14(7-9-15)13-4-5-13/h1-3,6-10,13,17,19H,4-5,11H2. The van der Waals surface area contributed by atoms with Crippen molar-refractivity contribution in [2.45, 2.75) is 31.3 Å². The summed E-state index contributed by atoms with van der Waals surface area (Å²) in [5.74, 6) is 0.763. The highest BCUT2D eigenvalue weighted by atomic mass is 35.5. The lowest BCUT2D eigenvalue weighted by Crippen LogP contribution is -2.01. The van der Waals surface area contributed by atoms with Crippen molar-refractivity contribution < 1.29 is 5.11 Å². The van der Waals surface area contributed by atoms with Gasteiger partial charge in [0.2, 0.25) is 0 Å². The molecule has 2 heteroatoms. The molecule has 0 amide bonds. The van der Waals surface area contributed by atoms with Gasteiger partial charge in [-0.2, -0.15) is 0 Å². The molecular formula is C17H17ClO. The Bertz CT molecular complexity index is 558. The van der Waals surface area contributed by atoms with Crippen LogP contribution in [0.4, 0.5) is 0 Å². The molecule has 1 fully saturated rings. The SMILES string of the molecule is OC(Cc1cccc(Cl)c1)c1ccc(C2CC2)cc1. The lowest BCUT2D eigenvalue weighted by molar-refractivity contribution is 0.178. The summed E-state index contributed by atoms with van der Waals surface area (Å²) in [6.07, 6.45) is 2.75. The number of hydrogen-bond donors (Lipinski definition) is 1. The van der Waals surface area contributed by atoms with Gasteiger partial charge in [-0.1, -0.05) is 48.0 Å². The Morgan fingerprint density at radius 2 is 1.84 bits per heavy atom. The van der Waals surface area contributed by atoms with Gasteiger partial charge in [0.1, 0.15) is 0 Å². The van der Waals surface area contributed by atoms with Crippen LogP contribution >= 0.6 is 11.6 Å². The third-order valence-electron chi connectivity index (χ3n) is 3.69. The minimum Gasteiger partial charge on any atom is -0.388 e. The van der Waals surface area contributed by atoms with E-state index in [1.807, 2.05) is 36.4 Å². The van der Waals surface area contributed by atoms with Crippen LogP contribution in [0.2, 0.25) is 5.02 Å². The van der Waals surface area contributed by atoms with Gasteiger partial charge in [-0.3, -0.25) is 0 Å². The summed E-state index contributed by atoms with van der Waals surface area (Å²) in [6, 6.07) is 16.0. The largest absolute Gasteiger partial charge is 0.388 e. The average Bonchev–Trinajstić information content (AvgIpc) is 3.23. The van der Waals surface area contributed by atoms with Crippen LogP contribution in [0.3, 0.4) is 0 Å². The van der Waals surface area contributed by atoms with Gasteiger partial charge in [0, 0.05) is 11.4 Å². The second kappa shape index (κ2) is 5.36. The maximum absolute atomic E-state index is 10.3. The molecule has 98 valence electrons. The number of aliphatic hydroxyl groups is 1. The van der Waals surface area contributed by atoms with E-state index < -0.39 is 6.10 Å². The zero-order valence-electron chi connectivity index (χ0n) is 10.7. The Labute approximate surface area is 118 Å². The summed E-state index contributed by atoms with van der Waals surface area (Å²) in [5.41, 5.74) is 3.44. The molecular weight excluding hydrogens is 256 g/mol. The lowest BCUT2D eigenvalue weighted by atomic mass is 9.99. The smallest absolute Gasteiger partial charge is 0.0830 e. The molecule has 2 aromatic rings.